The second-order valence-electron chi connectivity index (χ2n) is 7.63. The molecule has 3 nitrogen and oxygen atoms in total. The first-order valence-electron chi connectivity index (χ1n) is 9.23. The average molecular weight is 314 g/mol. The average Bonchev–Trinajstić information content (AvgIpc) is 3.05. The molecule has 0 spiro atoms. The van der Waals surface area contributed by atoms with E-state index in [9.17, 15) is 4.79 Å². The third-order valence-corrected chi connectivity index (χ3v) is 5.88. The summed E-state index contributed by atoms with van der Waals surface area (Å²) in [5, 5.41) is 0. The van der Waals surface area contributed by atoms with E-state index in [1.807, 2.05) is 0 Å². The van der Waals surface area contributed by atoms with Gasteiger partial charge in [-0.15, -0.1) is 0 Å². The lowest BCUT2D eigenvalue weighted by molar-refractivity contribution is -0.133. The number of benzene rings is 1. The van der Waals surface area contributed by atoms with Crippen molar-refractivity contribution < 1.29 is 4.79 Å². The monoisotopic (exact) mass is 314 g/mol. The fraction of sp³-hybridized carbons (Fsp3) is 0.650. The molecule has 23 heavy (non-hydrogen) atoms. The van der Waals surface area contributed by atoms with Crippen molar-refractivity contribution in [1.29, 1.82) is 0 Å². The number of amides is 1. The second kappa shape index (κ2) is 7.48. The van der Waals surface area contributed by atoms with E-state index >= 15 is 0 Å². The first kappa shape index (κ1) is 16.5. The molecule has 0 radical (unpaired) electrons. The second-order valence-corrected chi connectivity index (χ2v) is 7.63. The molecule has 1 saturated carbocycles. The Balaban J connectivity index is 1.53. The minimum absolute atomic E-state index is 0.0901. The van der Waals surface area contributed by atoms with Crippen LogP contribution in [0.4, 0.5) is 0 Å². The topological polar surface area (TPSA) is 46.3 Å². The van der Waals surface area contributed by atoms with E-state index in [0.29, 0.717) is 24.8 Å². The van der Waals surface area contributed by atoms with E-state index in [-0.39, 0.29) is 5.41 Å². The zero-order valence-electron chi connectivity index (χ0n) is 14.2. The Bertz CT molecular complexity index is 508. The summed E-state index contributed by atoms with van der Waals surface area (Å²) in [6.45, 7) is 2.52. The molecule has 1 unspecified atom stereocenters. The molecule has 2 fully saturated rings. The van der Waals surface area contributed by atoms with Gasteiger partial charge in [-0.1, -0.05) is 49.6 Å². The van der Waals surface area contributed by atoms with Gasteiger partial charge in [0.2, 0.25) is 5.91 Å². The van der Waals surface area contributed by atoms with Crippen LogP contribution in [0.2, 0.25) is 0 Å². The Hall–Kier alpha value is -1.35. The lowest BCUT2D eigenvalue weighted by Crippen LogP contribution is -2.40. The SMILES string of the molecule is NCC1(CC(=O)N2CCC(Cc3ccccc3)C2)CCCCC1. The Kier molecular flexibility index (Phi) is 5.37. The van der Waals surface area contributed by atoms with E-state index in [1.165, 1.54) is 24.8 Å². The van der Waals surface area contributed by atoms with Gasteiger partial charge in [-0.05, 0) is 49.1 Å². The highest BCUT2D eigenvalue weighted by Crippen LogP contribution is 2.39. The van der Waals surface area contributed by atoms with Crippen molar-refractivity contribution in [3.8, 4) is 0 Å². The molecule has 1 heterocycles. The Morgan fingerprint density at radius 2 is 1.91 bits per heavy atom. The molecular formula is C20H30N2O. The number of carbonyl (C=O) groups is 1. The molecule has 1 aliphatic heterocycles. The van der Waals surface area contributed by atoms with Crippen molar-refractivity contribution in [2.45, 2.75) is 51.4 Å². The maximum absolute atomic E-state index is 12.7. The summed E-state index contributed by atoms with van der Waals surface area (Å²) in [6, 6.07) is 10.6. The zero-order chi connectivity index (χ0) is 16.1. The van der Waals surface area contributed by atoms with Crippen LogP contribution in [-0.4, -0.2) is 30.4 Å². The number of hydrogen-bond donors (Lipinski definition) is 1. The van der Waals surface area contributed by atoms with E-state index in [4.69, 9.17) is 5.73 Å². The van der Waals surface area contributed by atoms with Crippen molar-refractivity contribution in [2.75, 3.05) is 19.6 Å². The first-order chi connectivity index (χ1) is 11.2. The number of nitrogens with zero attached hydrogens (tertiary/aromatic N) is 1. The van der Waals surface area contributed by atoms with Crippen molar-refractivity contribution in [3.63, 3.8) is 0 Å². The molecule has 3 rings (SSSR count). The van der Waals surface area contributed by atoms with Crippen LogP contribution in [0.25, 0.3) is 0 Å². The summed E-state index contributed by atoms with van der Waals surface area (Å²) in [5.41, 5.74) is 7.52. The largest absolute Gasteiger partial charge is 0.342 e. The molecule has 1 aliphatic carbocycles. The zero-order valence-corrected chi connectivity index (χ0v) is 14.2. The van der Waals surface area contributed by atoms with Crippen LogP contribution in [0.1, 0.15) is 50.5 Å². The predicted octanol–water partition coefficient (Wildman–Crippen LogP) is 3.38. The molecule has 0 aromatic heterocycles. The van der Waals surface area contributed by atoms with Crippen molar-refractivity contribution in [1.82, 2.24) is 4.90 Å². The van der Waals surface area contributed by atoms with Gasteiger partial charge in [-0.3, -0.25) is 4.79 Å². The standard InChI is InChI=1S/C20H30N2O/c21-16-20(10-5-2-6-11-20)14-19(23)22-12-9-18(15-22)13-17-7-3-1-4-8-17/h1,3-4,7-8,18H,2,5-6,9-16,21H2. The molecule has 1 atom stereocenters. The maximum Gasteiger partial charge on any atom is 0.223 e. The van der Waals surface area contributed by atoms with Crippen LogP contribution in [0.3, 0.4) is 0 Å². The molecule has 1 aromatic carbocycles. The quantitative estimate of drug-likeness (QED) is 0.905. The number of carbonyl (C=O) groups excluding carboxylic acids is 1. The number of nitrogens with two attached hydrogens (primary N) is 1. The van der Waals surface area contributed by atoms with E-state index in [1.54, 1.807) is 0 Å². The van der Waals surface area contributed by atoms with Gasteiger partial charge in [0.25, 0.3) is 0 Å². The number of hydrogen-bond acceptors (Lipinski definition) is 2. The lowest BCUT2D eigenvalue weighted by Gasteiger charge is -2.36. The fourth-order valence-electron chi connectivity index (χ4n) is 4.36. The molecular weight excluding hydrogens is 284 g/mol. The molecule has 1 amide bonds. The molecule has 0 bridgehead atoms. The molecule has 126 valence electrons. The normalized spacial score (nSPS) is 23.9. The predicted molar refractivity (Wildman–Crippen MR) is 94.0 cm³/mol. The molecule has 1 saturated heterocycles. The molecule has 1 aromatic rings. The Morgan fingerprint density at radius 3 is 2.61 bits per heavy atom. The highest BCUT2D eigenvalue weighted by molar-refractivity contribution is 5.77. The smallest absolute Gasteiger partial charge is 0.223 e. The van der Waals surface area contributed by atoms with Crippen LogP contribution < -0.4 is 5.73 Å². The lowest BCUT2D eigenvalue weighted by atomic mass is 9.71. The van der Waals surface area contributed by atoms with Crippen molar-refractivity contribution in [2.24, 2.45) is 17.1 Å². The first-order valence-corrected chi connectivity index (χ1v) is 9.23. The van der Waals surface area contributed by atoms with Gasteiger partial charge < -0.3 is 10.6 Å². The van der Waals surface area contributed by atoms with Gasteiger partial charge in [-0.25, -0.2) is 0 Å². The highest BCUT2D eigenvalue weighted by Gasteiger charge is 2.36. The van der Waals surface area contributed by atoms with E-state index in [2.05, 4.69) is 35.2 Å². The van der Waals surface area contributed by atoms with E-state index in [0.717, 1.165) is 38.8 Å². The van der Waals surface area contributed by atoms with Crippen molar-refractivity contribution >= 4 is 5.91 Å². The van der Waals surface area contributed by atoms with Crippen LogP contribution in [-0.2, 0) is 11.2 Å². The highest BCUT2D eigenvalue weighted by atomic mass is 16.2. The summed E-state index contributed by atoms with van der Waals surface area (Å²) >= 11 is 0. The summed E-state index contributed by atoms with van der Waals surface area (Å²) in [6.07, 6.45) is 8.94. The third kappa shape index (κ3) is 4.14. The third-order valence-electron chi connectivity index (χ3n) is 5.88. The minimum atomic E-state index is 0.0901. The summed E-state index contributed by atoms with van der Waals surface area (Å²) in [4.78, 5) is 14.8. The number of rotatable bonds is 5. The van der Waals surface area contributed by atoms with Crippen LogP contribution in [0, 0.1) is 11.3 Å². The van der Waals surface area contributed by atoms with Crippen molar-refractivity contribution in [3.05, 3.63) is 35.9 Å². The molecule has 2 N–H and O–H groups in total. The van der Waals surface area contributed by atoms with Gasteiger partial charge in [0, 0.05) is 19.5 Å². The van der Waals surface area contributed by atoms with Crippen LogP contribution >= 0.6 is 0 Å². The fourth-order valence-corrected chi connectivity index (χ4v) is 4.36. The van der Waals surface area contributed by atoms with Gasteiger partial charge in [-0.2, -0.15) is 0 Å². The van der Waals surface area contributed by atoms with Gasteiger partial charge in [0.1, 0.15) is 0 Å². The number of likely N-dealkylation sites (tertiary alicyclic amines) is 1. The molecule has 3 heteroatoms. The van der Waals surface area contributed by atoms with Gasteiger partial charge in [0.05, 0.1) is 0 Å². The van der Waals surface area contributed by atoms with Crippen LogP contribution in [0.5, 0.6) is 0 Å². The summed E-state index contributed by atoms with van der Waals surface area (Å²) in [5.74, 6) is 0.953. The summed E-state index contributed by atoms with van der Waals surface area (Å²) in [7, 11) is 0. The van der Waals surface area contributed by atoms with Gasteiger partial charge in [0.15, 0.2) is 0 Å². The maximum atomic E-state index is 12.7. The minimum Gasteiger partial charge on any atom is -0.342 e. The van der Waals surface area contributed by atoms with Gasteiger partial charge >= 0.3 is 0 Å². The Morgan fingerprint density at radius 1 is 1.17 bits per heavy atom. The van der Waals surface area contributed by atoms with Crippen LogP contribution in [0.15, 0.2) is 30.3 Å². The summed E-state index contributed by atoms with van der Waals surface area (Å²) < 4.78 is 0. The van der Waals surface area contributed by atoms with E-state index < -0.39 is 0 Å². The molecule has 2 aliphatic rings. The Labute approximate surface area is 140 Å².